The van der Waals surface area contributed by atoms with Crippen molar-refractivity contribution < 1.29 is 13.9 Å². The van der Waals surface area contributed by atoms with Crippen molar-refractivity contribution in [2.75, 3.05) is 7.11 Å². The van der Waals surface area contributed by atoms with Gasteiger partial charge in [0, 0.05) is 18.2 Å². The number of esters is 1. The van der Waals surface area contributed by atoms with Gasteiger partial charge in [-0.05, 0) is 18.9 Å². The highest BCUT2D eigenvalue weighted by Crippen LogP contribution is 2.19. The zero-order chi connectivity index (χ0) is 11.4. The first-order valence-electron chi connectivity index (χ1n) is 5.69. The van der Waals surface area contributed by atoms with Crippen LogP contribution in [0.15, 0.2) is 16.7 Å². The second-order valence-corrected chi connectivity index (χ2v) is 4.13. The van der Waals surface area contributed by atoms with Crippen LogP contribution in [-0.2, 0) is 11.3 Å². The van der Waals surface area contributed by atoms with Crippen molar-refractivity contribution in [3.63, 3.8) is 0 Å². The summed E-state index contributed by atoms with van der Waals surface area (Å²) < 4.78 is 9.76. The molecular weight excluding hydrogens is 206 g/mol. The number of rotatable bonds is 4. The van der Waals surface area contributed by atoms with Gasteiger partial charge in [-0.1, -0.05) is 12.8 Å². The van der Waals surface area contributed by atoms with Gasteiger partial charge >= 0.3 is 5.97 Å². The Morgan fingerprint density at radius 3 is 3.00 bits per heavy atom. The van der Waals surface area contributed by atoms with Crippen molar-refractivity contribution in [1.29, 1.82) is 0 Å². The van der Waals surface area contributed by atoms with Gasteiger partial charge in [0.05, 0.1) is 13.4 Å². The van der Waals surface area contributed by atoms with E-state index < -0.39 is 5.97 Å². The second-order valence-electron chi connectivity index (χ2n) is 4.13. The zero-order valence-electron chi connectivity index (χ0n) is 9.49. The van der Waals surface area contributed by atoms with E-state index in [1.807, 2.05) is 6.07 Å². The first kappa shape index (κ1) is 11.2. The Kier molecular flexibility index (Phi) is 3.62. The van der Waals surface area contributed by atoms with Gasteiger partial charge in [-0.3, -0.25) is 0 Å². The van der Waals surface area contributed by atoms with Gasteiger partial charge in [-0.15, -0.1) is 0 Å². The predicted molar refractivity (Wildman–Crippen MR) is 59.1 cm³/mol. The van der Waals surface area contributed by atoms with Crippen molar-refractivity contribution in [1.82, 2.24) is 5.32 Å². The molecule has 0 spiro atoms. The van der Waals surface area contributed by atoms with Gasteiger partial charge < -0.3 is 14.5 Å². The largest absolute Gasteiger partial charge is 0.463 e. The molecule has 0 bridgehead atoms. The maximum atomic E-state index is 11.3. The molecule has 0 saturated heterocycles. The molecule has 1 saturated carbocycles. The predicted octanol–water partition coefficient (Wildman–Crippen LogP) is 2.10. The average Bonchev–Trinajstić information content (AvgIpc) is 2.96. The van der Waals surface area contributed by atoms with Crippen LogP contribution in [0.5, 0.6) is 0 Å². The highest BCUT2D eigenvalue weighted by Gasteiger charge is 2.18. The molecule has 4 nitrogen and oxygen atoms in total. The Bertz CT molecular complexity index is 353. The lowest BCUT2D eigenvalue weighted by molar-refractivity contribution is 0.0563. The first-order chi connectivity index (χ1) is 7.81. The van der Waals surface area contributed by atoms with Crippen molar-refractivity contribution in [3.8, 4) is 0 Å². The van der Waals surface area contributed by atoms with Crippen molar-refractivity contribution in [2.24, 2.45) is 0 Å². The number of nitrogens with one attached hydrogen (secondary N) is 1. The summed E-state index contributed by atoms with van der Waals surface area (Å²) in [6, 6.07) is 2.40. The number of methoxy groups -OCH3 is 1. The Labute approximate surface area is 95.0 Å². The van der Waals surface area contributed by atoms with E-state index in [1.54, 1.807) is 0 Å². The van der Waals surface area contributed by atoms with Crippen molar-refractivity contribution in [3.05, 3.63) is 23.7 Å². The monoisotopic (exact) mass is 223 g/mol. The number of furan rings is 1. The molecule has 1 aliphatic carbocycles. The zero-order valence-corrected chi connectivity index (χ0v) is 9.49. The number of ether oxygens (including phenoxy) is 1. The van der Waals surface area contributed by atoms with Gasteiger partial charge in [-0.25, -0.2) is 4.79 Å². The summed E-state index contributed by atoms with van der Waals surface area (Å²) in [4.78, 5) is 11.3. The molecule has 0 radical (unpaired) electrons. The van der Waals surface area contributed by atoms with Gasteiger partial charge in [0.15, 0.2) is 0 Å². The lowest BCUT2D eigenvalue weighted by atomic mass is 10.2. The van der Waals surface area contributed by atoms with Crippen LogP contribution in [0.1, 0.15) is 41.8 Å². The number of hydrogen-bond donors (Lipinski definition) is 1. The Balaban J connectivity index is 1.93. The summed E-state index contributed by atoms with van der Waals surface area (Å²) in [5.74, 6) is -0.0961. The molecule has 1 N–H and O–H groups in total. The summed E-state index contributed by atoms with van der Waals surface area (Å²) in [6.07, 6.45) is 6.58. The fraction of sp³-hybridized carbons (Fsp3) is 0.583. The third-order valence-corrected chi connectivity index (χ3v) is 3.05. The second kappa shape index (κ2) is 5.16. The van der Waals surface area contributed by atoms with Crippen molar-refractivity contribution in [2.45, 2.75) is 38.3 Å². The van der Waals surface area contributed by atoms with E-state index in [0.717, 1.165) is 5.56 Å². The number of carbonyl (C=O) groups is 1. The summed E-state index contributed by atoms with van der Waals surface area (Å²) in [7, 11) is 1.36. The maximum absolute atomic E-state index is 11.3. The maximum Gasteiger partial charge on any atom is 0.374 e. The summed E-state index contributed by atoms with van der Waals surface area (Å²) in [6.45, 7) is 0.672. The molecule has 0 atom stereocenters. The lowest BCUT2D eigenvalue weighted by Gasteiger charge is -2.10. The van der Waals surface area contributed by atoms with Gasteiger partial charge in [0.2, 0.25) is 5.76 Å². The smallest absolute Gasteiger partial charge is 0.374 e. The fourth-order valence-electron chi connectivity index (χ4n) is 2.13. The fourth-order valence-corrected chi connectivity index (χ4v) is 2.13. The molecule has 1 aromatic heterocycles. The number of carbonyl (C=O) groups excluding carboxylic acids is 1. The molecule has 0 aliphatic heterocycles. The molecule has 2 rings (SSSR count). The topological polar surface area (TPSA) is 51.5 Å². The standard InChI is InChI=1S/C12H17NO3/c1-15-12(14)11-9(6-7-16-11)8-13-10-4-2-3-5-10/h6-7,10,13H,2-5,8H2,1H3. The van der Waals surface area contributed by atoms with Crippen LogP contribution in [0.25, 0.3) is 0 Å². The van der Waals surface area contributed by atoms with Crippen LogP contribution in [0, 0.1) is 0 Å². The SMILES string of the molecule is COC(=O)c1occc1CNC1CCCC1. The Hall–Kier alpha value is -1.29. The van der Waals surface area contributed by atoms with E-state index in [2.05, 4.69) is 10.1 Å². The van der Waals surface area contributed by atoms with E-state index in [0.29, 0.717) is 18.3 Å². The highest BCUT2D eigenvalue weighted by atomic mass is 16.5. The van der Waals surface area contributed by atoms with E-state index in [4.69, 9.17) is 4.42 Å². The van der Waals surface area contributed by atoms with Gasteiger partial charge in [0.25, 0.3) is 0 Å². The van der Waals surface area contributed by atoms with Crippen LogP contribution < -0.4 is 5.32 Å². The minimum absolute atomic E-state index is 0.313. The van der Waals surface area contributed by atoms with Crippen molar-refractivity contribution >= 4 is 5.97 Å². The van der Waals surface area contributed by atoms with Crippen LogP contribution in [-0.4, -0.2) is 19.1 Å². The quantitative estimate of drug-likeness (QED) is 0.794. The molecule has 1 fully saturated rings. The molecule has 1 heterocycles. The molecule has 16 heavy (non-hydrogen) atoms. The molecule has 88 valence electrons. The highest BCUT2D eigenvalue weighted by molar-refractivity contribution is 5.87. The summed E-state index contributed by atoms with van der Waals surface area (Å²) >= 11 is 0. The normalized spacial score (nSPS) is 16.6. The minimum atomic E-state index is -0.409. The van der Waals surface area contributed by atoms with E-state index in [-0.39, 0.29) is 0 Å². The summed E-state index contributed by atoms with van der Waals surface area (Å²) in [5.41, 5.74) is 0.874. The van der Waals surface area contributed by atoms with Gasteiger partial charge in [-0.2, -0.15) is 0 Å². The molecule has 1 aromatic rings. The lowest BCUT2D eigenvalue weighted by Crippen LogP contribution is -2.25. The van der Waals surface area contributed by atoms with Gasteiger partial charge in [0.1, 0.15) is 0 Å². The van der Waals surface area contributed by atoms with Crippen LogP contribution in [0.3, 0.4) is 0 Å². The molecule has 0 unspecified atom stereocenters. The third-order valence-electron chi connectivity index (χ3n) is 3.05. The van der Waals surface area contributed by atoms with Crippen LogP contribution in [0.2, 0.25) is 0 Å². The molecule has 0 aromatic carbocycles. The Morgan fingerprint density at radius 1 is 1.56 bits per heavy atom. The third kappa shape index (κ3) is 2.44. The van der Waals surface area contributed by atoms with E-state index in [9.17, 15) is 4.79 Å². The molecular formula is C12H17NO3. The molecule has 4 heteroatoms. The number of hydrogen-bond acceptors (Lipinski definition) is 4. The molecule has 1 aliphatic rings. The van der Waals surface area contributed by atoms with E-state index in [1.165, 1.54) is 39.1 Å². The van der Waals surface area contributed by atoms with Crippen LogP contribution >= 0.6 is 0 Å². The summed E-state index contributed by atoms with van der Waals surface area (Å²) in [5, 5.41) is 3.44. The minimum Gasteiger partial charge on any atom is -0.463 e. The van der Waals surface area contributed by atoms with E-state index >= 15 is 0 Å². The molecule has 0 amide bonds. The van der Waals surface area contributed by atoms with Crippen LogP contribution in [0.4, 0.5) is 0 Å². The first-order valence-corrected chi connectivity index (χ1v) is 5.69. The average molecular weight is 223 g/mol. The Morgan fingerprint density at radius 2 is 2.31 bits per heavy atom.